The lowest BCUT2D eigenvalue weighted by atomic mass is 10.2. The zero-order valence-electron chi connectivity index (χ0n) is 5.37. The van der Waals surface area contributed by atoms with Crippen LogP contribution in [0.15, 0.2) is 24.1 Å². The van der Waals surface area contributed by atoms with Crippen LogP contribution in [0.1, 0.15) is 20.3 Å². The van der Waals surface area contributed by atoms with Gasteiger partial charge in [0.05, 0.1) is 5.83 Å². The minimum atomic E-state index is -0.170. The molecule has 0 nitrogen and oxygen atoms in total. The molecule has 0 unspecified atom stereocenters. The predicted octanol–water partition coefficient (Wildman–Crippen LogP) is 2.83. The normalized spacial score (nSPS) is 11.6. The van der Waals surface area contributed by atoms with E-state index in [-0.39, 0.29) is 5.83 Å². The maximum absolute atomic E-state index is 11.9. The van der Waals surface area contributed by atoms with Crippen molar-refractivity contribution in [3.8, 4) is 0 Å². The summed E-state index contributed by atoms with van der Waals surface area (Å²) in [7, 11) is 0. The van der Waals surface area contributed by atoms with Crippen molar-refractivity contribution >= 4 is 0 Å². The molecule has 8 heavy (non-hydrogen) atoms. The summed E-state index contributed by atoms with van der Waals surface area (Å²) in [4.78, 5) is 0. The molecular weight excluding hydrogens is 103 g/mol. The average molecular weight is 114 g/mol. The topological polar surface area (TPSA) is 0 Å². The Balaban J connectivity index is 3.70. The number of allylic oxidation sites excluding steroid dienone is 3. The van der Waals surface area contributed by atoms with Crippen molar-refractivity contribution in [2.24, 2.45) is 0 Å². The van der Waals surface area contributed by atoms with E-state index in [0.29, 0.717) is 0 Å². The minimum Gasteiger partial charge on any atom is -0.212 e. The van der Waals surface area contributed by atoms with Crippen molar-refractivity contribution in [2.75, 3.05) is 0 Å². The molecule has 0 aromatic rings. The fourth-order valence-corrected chi connectivity index (χ4v) is 0.383. The molecule has 0 fully saturated rings. The van der Waals surface area contributed by atoms with Crippen LogP contribution in [0, 0.1) is 0 Å². The molecule has 0 bridgehead atoms. The molecule has 0 aromatic heterocycles. The number of hydrogen-bond acceptors (Lipinski definition) is 0. The molecule has 0 heterocycles. The van der Waals surface area contributed by atoms with Gasteiger partial charge in [-0.3, -0.25) is 0 Å². The fraction of sp³-hybridized carbons (Fsp3) is 0.429. The fourth-order valence-electron chi connectivity index (χ4n) is 0.383. The molecule has 0 aromatic carbocycles. The van der Waals surface area contributed by atoms with Crippen LogP contribution in [0.2, 0.25) is 0 Å². The maximum Gasteiger partial charge on any atom is 0.0971 e. The smallest absolute Gasteiger partial charge is 0.0971 e. The summed E-state index contributed by atoms with van der Waals surface area (Å²) in [6.45, 7) is 6.96. The molecule has 0 radical (unpaired) electrons. The van der Waals surface area contributed by atoms with Crippen LogP contribution >= 0.6 is 0 Å². The van der Waals surface area contributed by atoms with Gasteiger partial charge in [0.2, 0.25) is 0 Å². The third-order valence-electron chi connectivity index (χ3n) is 0.857. The quantitative estimate of drug-likeness (QED) is 0.484. The van der Waals surface area contributed by atoms with Crippen molar-refractivity contribution in [1.82, 2.24) is 0 Å². The Kier molecular flexibility index (Phi) is 3.16. The highest BCUT2D eigenvalue weighted by molar-refractivity contribution is 5.15. The van der Waals surface area contributed by atoms with Crippen LogP contribution in [0.25, 0.3) is 0 Å². The summed E-state index contributed by atoms with van der Waals surface area (Å²) < 4.78 is 11.9. The van der Waals surface area contributed by atoms with Crippen molar-refractivity contribution in [2.45, 2.75) is 20.3 Å². The molecule has 0 atom stereocenters. The highest BCUT2D eigenvalue weighted by Crippen LogP contribution is 2.03. The lowest BCUT2D eigenvalue weighted by molar-refractivity contribution is 0.639. The van der Waals surface area contributed by atoms with E-state index in [1.54, 1.807) is 0 Å². The van der Waals surface area contributed by atoms with Gasteiger partial charge >= 0.3 is 0 Å². The summed E-state index contributed by atoms with van der Waals surface area (Å²) in [5.74, 6) is -0.170. The Morgan fingerprint density at radius 3 is 2.38 bits per heavy atom. The molecule has 1 heteroatoms. The van der Waals surface area contributed by atoms with E-state index in [0.717, 1.165) is 12.0 Å². The molecule has 0 aliphatic heterocycles. The van der Waals surface area contributed by atoms with E-state index in [9.17, 15) is 4.39 Å². The SMILES string of the molecule is C=C(/C=C(\C)F)CC. The highest BCUT2D eigenvalue weighted by atomic mass is 19.1. The molecule has 0 aliphatic rings. The first-order chi connectivity index (χ1) is 3.66. The zero-order chi connectivity index (χ0) is 6.57. The third kappa shape index (κ3) is 3.59. The van der Waals surface area contributed by atoms with E-state index < -0.39 is 0 Å². The van der Waals surface area contributed by atoms with Gasteiger partial charge in [0.1, 0.15) is 0 Å². The molecule has 46 valence electrons. The largest absolute Gasteiger partial charge is 0.212 e. The first-order valence-electron chi connectivity index (χ1n) is 2.68. The zero-order valence-corrected chi connectivity index (χ0v) is 5.37. The van der Waals surface area contributed by atoms with Crippen LogP contribution in [-0.4, -0.2) is 0 Å². The lowest BCUT2D eigenvalue weighted by Crippen LogP contribution is -1.69. The first kappa shape index (κ1) is 7.41. The van der Waals surface area contributed by atoms with Crippen molar-refractivity contribution in [1.29, 1.82) is 0 Å². The molecule has 0 amide bonds. The summed E-state index contributed by atoms with van der Waals surface area (Å²) >= 11 is 0. The third-order valence-corrected chi connectivity index (χ3v) is 0.857. The summed E-state index contributed by atoms with van der Waals surface area (Å²) in [6, 6.07) is 0. The summed E-state index contributed by atoms with van der Waals surface area (Å²) in [5, 5.41) is 0. The second-order valence-electron chi connectivity index (χ2n) is 1.74. The number of halogens is 1. The predicted molar refractivity (Wildman–Crippen MR) is 34.3 cm³/mol. The van der Waals surface area contributed by atoms with E-state index in [2.05, 4.69) is 6.58 Å². The monoisotopic (exact) mass is 114 g/mol. The summed E-state index contributed by atoms with van der Waals surface area (Å²) in [6.07, 6.45) is 2.27. The standard InChI is InChI=1S/C7H11F/c1-4-6(2)5-7(3)8/h5H,2,4H2,1,3H3/b7-5+. The maximum atomic E-state index is 11.9. The van der Waals surface area contributed by atoms with E-state index in [1.807, 2.05) is 6.92 Å². The van der Waals surface area contributed by atoms with Gasteiger partial charge in [-0.1, -0.05) is 19.1 Å². The molecule has 0 aliphatic carbocycles. The Morgan fingerprint density at radius 1 is 1.75 bits per heavy atom. The Hall–Kier alpha value is -0.590. The van der Waals surface area contributed by atoms with E-state index >= 15 is 0 Å². The second-order valence-corrected chi connectivity index (χ2v) is 1.74. The Morgan fingerprint density at radius 2 is 2.25 bits per heavy atom. The van der Waals surface area contributed by atoms with Gasteiger partial charge < -0.3 is 0 Å². The van der Waals surface area contributed by atoms with Gasteiger partial charge in [-0.05, 0) is 19.4 Å². The van der Waals surface area contributed by atoms with Crippen molar-refractivity contribution in [3.63, 3.8) is 0 Å². The minimum absolute atomic E-state index is 0.170. The number of rotatable bonds is 2. The van der Waals surface area contributed by atoms with Crippen LogP contribution in [0.3, 0.4) is 0 Å². The first-order valence-corrected chi connectivity index (χ1v) is 2.68. The average Bonchev–Trinajstić information content (AvgIpc) is 1.65. The van der Waals surface area contributed by atoms with Gasteiger partial charge in [-0.25, -0.2) is 4.39 Å². The second kappa shape index (κ2) is 3.42. The summed E-state index contributed by atoms with van der Waals surface area (Å²) in [5.41, 5.74) is 0.838. The van der Waals surface area contributed by atoms with E-state index in [1.165, 1.54) is 13.0 Å². The molecule has 0 saturated carbocycles. The van der Waals surface area contributed by atoms with Gasteiger partial charge in [-0.2, -0.15) is 0 Å². The van der Waals surface area contributed by atoms with E-state index in [4.69, 9.17) is 0 Å². The van der Waals surface area contributed by atoms with Gasteiger partial charge in [0, 0.05) is 0 Å². The molecule has 0 N–H and O–H groups in total. The molecule has 0 saturated heterocycles. The highest BCUT2D eigenvalue weighted by Gasteiger charge is 1.83. The molecular formula is C7H11F. The molecule has 0 spiro atoms. The lowest BCUT2D eigenvalue weighted by Gasteiger charge is -1.88. The van der Waals surface area contributed by atoms with Crippen LogP contribution in [0.5, 0.6) is 0 Å². The van der Waals surface area contributed by atoms with Crippen LogP contribution in [0.4, 0.5) is 4.39 Å². The molecule has 0 rings (SSSR count). The Bertz CT molecular complexity index is 108. The van der Waals surface area contributed by atoms with Crippen molar-refractivity contribution < 1.29 is 4.39 Å². The van der Waals surface area contributed by atoms with Gasteiger partial charge in [0.25, 0.3) is 0 Å². The van der Waals surface area contributed by atoms with Crippen LogP contribution in [-0.2, 0) is 0 Å². The number of hydrogen-bond donors (Lipinski definition) is 0. The van der Waals surface area contributed by atoms with Crippen molar-refractivity contribution in [3.05, 3.63) is 24.1 Å². The van der Waals surface area contributed by atoms with Gasteiger partial charge in [0.15, 0.2) is 0 Å². The van der Waals surface area contributed by atoms with Crippen LogP contribution < -0.4 is 0 Å². The Labute approximate surface area is 49.7 Å². The van der Waals surface area contributed by atoms with Gasteiger partial charge in [-0.15, -0.1) is 0 Å².